The van der Waals surface area contributed by atoms with Gasteiger partial charge in [0.05, 0.1) is 5.41 Å². The van der Waals surface area contributed by atoms with Crippen LogP contribution in [0, 0.1) is 6.92 Å². The fourth-order valence-corrected chi connectivity index (χ4v) is 15.4. The molecule has 2 heterocycles. The fraction of sp³-hybridized carbons (Fsp3) is 0.108. The molecule has 2 aromatic heterocycles. The molecule has 0 amide bonds. The second-order valence-electron chi connectivity index (χ2n) is 23.0. The molecule has 0 saturated heterocycles. The number of hydrogen-bond acceptors (Lipinski definition) is 3. The molecule has 0 N–H and O–H groups in total. The number of para-hydroxylation sites is 3. The third kappa shape index (κ3) is 5.27. The van der Waals surface area contributed by atoms with Crippen LogP contribution in [-0.2, 0) is 16.2 Å². The van der Waals surface area contributed by atoms with Crippen LogP contribution in [0.1, 0.15) is 77.8 Å². The SMILES string of the molecule is Cc1ccccc1N(c1ccc2c(c1)C(C)(C)c1c3c(c4oc5ccccc5c4c1-2)-c1ccccc1C3(C)C)c1ccc2c(c1)C1(c3ccccc3-c3ccccc31)c1cc(-c3ccccc3)c3oc4ccccc4c3c1-2. The topological polar surface area (TPSA) is 29.5 Å². The zero-order valence-electron chi connectivity index (χ0n) is 43.5. The van der Waals surface area contributed by atoms with E-state index in [-0.39, 0.29) is 10.8 Å². The molecule has 13 aromatic rings. The van der Waals surface area contributed by atoms with Crippen molar-refractivity contribution in [1.82, 2.24) is 0 Å². The van der Waals surface area contributed by atoms with E-state index in [0.29, 0.717) is 0 Å². The van der Waals surface area contributed by atoms with Crippen LogP contribution >= 0.6 is 0 Å². The highest BCUT2D eigenvalue weighted by Gasteiger charge is 2.54. The van der Waals surface area contributed by atoms with Crippen molar-refractivity contribution in [3.8, 4) is 55.6 Å². The highest BCUT2D eigenvalue weighted by atomic mass is 16.3. The number of aryl methyl sites for hydroxylation is 1. The molecule has 0 fully saturated rings. The molecule has 0 unspecified atom stereocenters. The van der Waals surface area contributed by atoms with Crippen molar-refractivity contribution in [2.45, 2.75) is 50.9 Å². The molecule has 364 valence electrons. The van der Waals surface area contributed by atoms with E-state index in [4.69, 9.17) is 8.83 Å². The number of anilines is 3. The molecule has 0 radical (unpaired) electrons. The molecule has 4 aliphatic rings. The Hall–Kier alpha value is -9.18. The summed E-state index contributed by atoms with van der Waals surface area (Å²) in [6.45, 7) is 12.0. The molecule has 0 aliphatic heterocycles. The Morgan fingerprint density at radius 1 is 0.351 bits per heavy atom. The van der Waals surface area contributed by atoms with Gasteiger partial charge in [0.1, 0.15) is 22.3 Å². The lowest BCUT2D eigenvalue weighted by Gasteiger charge is -2.33. The molecule has 0 bridgehead atoms. The van der Waals surface area contributed by atoms with Crippen molar-refractivity contribution in [1.29, 1.82) is 0 Å². The number of rotatable bonds is 4. The minimum absolute atomic E-state index is 0.246. The molecule has 77 heavy (non-hydrogen) atoms. The maximum absolute atomic E-state index is 7.04. The van der Waals surface area contributed by atoms with Gasteiger partial charge in [0.2, 0.25) is 0 Å². The molecule has 3 nitrogen and oxygen atoms in total. The average Bonchev–Trinajstić information content (AvgIpc) is 3.65. The van der Waals surface area contributed by atoms with Gasteiger partial charge in [-0.15, -0.1) is 0 Å². The van der Waals surface area contributed by atoms with Gasteiger partial charge in [0.25, 0.3) is 0 Å². The zero-order valence-corrected chi connectivity index (χ0v) is 43.5. The Labute approximate surface area is 447 Å². The lowest BCUT2D eigenvalue weighted by molar-refractivity contribution is 0.600. The first-order valence-electron chi connectivity index (χ1n) is 27.2. The first kappa shape index (κ1) is 43.1. The first-order chi connectivity index (χ1) is 37.7. The maximum Gasteiger partial charge on any atom is 0.144 e. The van der Waals surface area contributed by atoms with Crippen LogP contribution in [0.15, 0.2) is 227 Å². The summed E-state index contributed by atoms with van der Waals surface area (Å²) in [6.07, 6.45) is 0. The van der Waals surface area contributed by atoms with Crippen molar-refractivity contribution in [2.75, 3.05) is 4.90 Å². The third-order valence-electron chi connectivity index (χ3n) is 18.5. The van der Waals surface area contributed by atoms with Crippen LogP contribution in [0.3, 0.4) is 0 Å². The van der Waals surface area contributed by atoms with Gasteiger partial charge in [0, 0.05) is 60.6 Å². The van der Waals surface area contributed by atoms with Crippen LogP contribution in [0.5, 0.6) is 0 Å². The minimum Gasteiger partial charge on any atom is -0.455 e. The molecular formula is C74H51NO2. The summed E-state index contributed by atoms with van der Waals surface area (Å²) in [5.41, 5.74) is 30.1. The van der Waals surface area contributed by atoms with Gasteiger partial charge >= 0.3 is 0 Å². The Kier molecular flexibility index (Phi) is 8.29. The highest BCUT2D eigenvalue weighted by molar-refractivity contribution is 6.22. The number of fused-ring (bicyclic) bond motifs is 26. The summed E-state index contributed by atoms with van der Waals surface area (Å²) in [4.78, 5) is 2.53. The highest BCUT2D eigenvalue weighted by Crippen LogP contribution is 2.67. The summed E-state index contributed by atoms with van der Waals surface area (Å²) in [5.74, 6) is 0. The van der Waals surface area contributed by atoms with E-state index in [9.17, 15) is 0 Å². The van der Waals surface area contributed by atoms with E-state index in [2.05, 4.69) is 258 Å². The predicted molar refractivity (Wildman–Crippen MR) is 317 cm³/mol. The maximum atomic E-state index is 7.04. The summed E-state index contributed by atoms with van der Waals surface area (Å²) >= 11 is 0. The minimum atomic E-state index is -0.633. The van der Waals surface area contributed by atoms with E-state index in [1.54, 1.807) is 0 Å². The second-order valence-corrected chi connectivity index (χ2v) is 23.0. The largest absolute Gasteiger partial charge is 0.455 e. The lowest BCUT2D eigenvalue weighted by atomic mass is 9.70. The smallest absolute Gasteiger partial charge is 0.144 e. The Bertz CT molecular complexity index is 4730. The molecule has 11 aromatic carbocycles. The van der Waals surface area contributed by atoms with E-state index in [1.165, 1.54) is 100.0 Å². The molecule has 3 heteroatoms. The number of hydrogen-bond donors (Lipinski definition) is 0. The van der Waals surface area contributed by atoms with Gasteiger partial charge in [0.15, 0.2) is 0 Å². The summed E-state index contributed by atoms with van der Waals surface area (Å²) < 4.78 is 14.1. The molecular weight excluding hydrogens is 935 g/mol. The van der Waals surface area contributed by atoms with Crippen LogP contribution in [0.25, 0.3) is 99.5 Å². The average molecular weight is 986 g/mol. The quantitative estimate of drug-likeness (QED) is 0.176. The van der Waals surface area contributed by atoms with Gasteiger partial charge in [-0.3, -0.25) is 0 Å². The fourth-order valence-electron chi connectivity index (χ4n) is 15.4. The Morgan fingerprint density at radius 3 is 1.52 bits per heavy atom. The second kappa shape index (κ2) is 14.8. The van der Waals surface area contributed by atoms with E-state index in [1.807, 2.05) is 0 Å². The predicted octanol–water partition coefficient (Wildman–Crippen LogP) is 19.9. The third-order valence-corrected chi connectivity index (χ3v) is 18.5. The van der Waals surface area contributed by atoms with Gasteiger partial charge in [-0.25, -0.2) is 0 Å². The van der Waals surface area contributed by atoms with Crippen molar-refractivity contribution < 1.29 is 8.83 Å². The Balaban J connectivity index is 0.945. The van der Waals surface area contributed by atoms with Crippen molar-refractivity contribution in [3.05, 3.63) is 268 Å². The number of furan rings is 2. The van der Waals surface area contributed by atoms with E-state index >= 15 is 0 Å². The number of benzene rings is 11. The molecule has 0 atom stereocenters. The van der Waals surface area contributed by atoms with Gasteiger partial charge in [-0.05, 0) is 150 Å². The van der Waals surface area contributed by atoms with E-state index in [0.717, 1.165) is 66.7 Å². The van der Waals surface area contributed by atoms with Crippen molar-refractivity contribution in [2.24, 2.45) is 0 Å². The summed E-state index contributed by atoms with van der Waals surface area (Å²) in [7, 11) is 0. The summed E-state index contributed by atoms with van der Waals surface area (Å²) in [5, 5.41) is 4.67. The van der Waals surface area contributed by atoms with Gasteiger partial charge < -0.3 is 13.7 Å². The molecule has 0 saturated carbocycles. The Morgan fingerprint density at radius 2 is 0.844 bits per heavy atom. The van der Waals surface area contributed by atoms with E-state index < -0.39 is 5.41 Å². The zero-order chi connectivity index (χ0) is 51.3. The first-order valence-corrected chi connectivity index (χ1v) is 27.2. The van der Waals surface area contributed by atoms with Gasteiger partial charge in [-0.2, -0.15) is 0 Å². The summed E-state index contributed by atoms with van der Waals surface area (Å²) in [6, 6.07) is 81.4. The van der Waals surface area contributed by atoms with Crippen molar-refractivity contribution >= 4 is 60.9 Å². The monoisotopic (exact) mass is 985 g/mol. The van der Waals surface area contributed by atoms with Crippen LogP contribution in [0.4, 0.5) is 17.1 Å². The molecule has 1 spiro atoms. The van der Waals surface area contributed by atoms with Crippen LogP contribution in [0.2, 0.25) is 0 Å². The van der Waals surface area contributed by atoms with Gasteiger partial charge in [-0.1, -0.05) is 198 Å². The number of nitrogens with zero attached hydrogens (tertiary/aromatic N) is 1. The molecule has 17 rings (SSSR count). The van der Waals surface area contributed by atoms with Crippen LogP contribution in [-0.4, -0.2) is 0 Å². The van der Waals surface area contributed by atoms with Crippen LogP contribution < -0.4 is 4.90 Å². The molecule has 4 aliphatic carbocycles. The standard InChI is InChI=1S/C74H51NO2/c1-42-21-9-18-32-60(42)75(44-35-37-49-57(39-44)73(4,5)68-64(49)66-52-28-14-20-34-62(52)77-71(66)67-48-26-12-15-29-54(48)72(2,3)69(67)68)45-36-38-50-58(40-45)74(55-30-16-10-24-46(55)47-25-11-17-31-56(47)74)59-41-53(43-22-7-6-8-23-43)70-65(63(50)59)51-27-13-19-33-61(51)76-70/h6-41H,1-5H3. The van der Waals surface area contributed by atoms with Crippen molar-refractivity contribution in [3.63, 3.8) is 0 Å². The lowest BCUT2D eigenvalue weighted by Crippen LogP contribution is -2.26. The normalized spacial score (nSPS) is 15.1.